The normalized spacial score (nSPS) is 12.5. The lowest BCUT2D eigenvalue weighted by atomic mass is 9.86. The molecule has 7 heteroatoms. The zero-order chi connectivity index (χ0) is 21.1. The van der Waals surface area contributed by atoms with Gasteiger partial charge in [-0.05, 0) is 48.9 Å². The van der Waals surface area contributed by atoms with Crippen molar-refractivity contribution >= 4 is 17.4 Å². The fraction of sp³-hybridized carbons (Fsp3) is 0.174. The van der Waals surface area contributed by atoms with Gasteiger partial charge in [-0.2, -0.15) is 5.26 Å². The summed E-state index contributed by atoms with van der Waals surface area (Å²) in [4.78, 5) is 27.7. The van der Waals surface area contributed by atoms with Crippen molar-refractivity contribution in [2.24, 2.45) is 0 Å². The van der Waals surface area contributed by atoms with E-state index < -0.39 is 10.8 Å². The van der Waals surface area contributed by atoms with Gasteiger partial charge in [0.2, 0.25) is 0 Å². The fourth-order valence-corrected chi connectivity index (χ4v) is 3.78. The standard InChI is InChI=1S/C23H18N4O3/c24-14-19-21(15-6-2-1-3-7-15)18-8-4-5-9-20(18)25-22(19)26-23(28)16-10-12-17(13-11-16)27(29)30/h1-3,6-7,10-13H,4-5,8-9H2,(H,25,26,28). The van der Waals surface area contributed by atoms with Crippen molar-refractivity contribution in [3.05, 3.63) is 87.1 Å². The Labute approximate surface area is 173 Å². The van der Waals surface area contributed by atoms with Gasteiger partial charge in [0.15, 0.2) is 5.82 Å². The van der Waals surface area contributed by atoms with E-state index in [0.29, 0.717) is 5.56 Å². The van der Waals surface area contributed by atoms with Gasteiger partial charge in [0.1, 0.15) is 11.6 Å². The zero-order valence-corrected chi connectivity index (χ0v) is 16.1. The first-order chi connectivity index (χ1) is 14.6. The summed E-state index contributed by atoms with van der Waals surface area (Å²) in [7, 11) is 0. The van der Waals surface area contributed by atoms with E-state index >= 15 is 0 Å². The van der Waals surface area contributed by atoms with E-state index in [0.717, 1.165) is 48.1 Å². The second-order valence-electron chi connectivity index (χ2n) is 7.08. The maximum atomic E-state index is 12.7. The van der Waals surface area contributed by atoms with E-state index in [1.807, 2.05) is 30.3 Å². The molecule has 1 aliphatic rings. The van der Waals surface area contributed by atoms with Crippen LogP contribution in [-0.4, -0.2) is 15.8 Å². The number of anilines is 1. The number of nitrogens with zero attached hydrogens (tertiary/aromatic N) is 3. The van der Waals surface area contributed by atoms with E-state index in [9.17, 15) is 20.2 Å². The third-order valence-electron chi connectivity index (χ3n) is 5.22. The van der Waals surface area contributed by atoms with E-state index in [-0.39, 0.29) is 17.1 Å². The number of non-ortho nitro benzene ring substituents is 1. The Balaban J connectivity index is 1.77. The molecule has 0 radical (unpaired) electrons. The molecule has 0 unspecified atom stereocenters. The second kappa shape index (κ2) is 8.13. The number of carbonyl (C=O) groups is 1. The van der Waals surface area contributed by atoms with Gasteiger partial charge in [-0.3, -0.25) is 14.9 Å². The van der Waals surface area contributed by atoms with Gasteiger partial charge in [0.25, 0.3) is 11.6 Å². The number of hydrogen-bond acceptors (Lipinski definition) is 5. The van der Waals surface area contributed by atoms with Crippen LogP contribution in [0.15, 0.2) is 54.6 Å². The fourth-order valence-electron chi connectivity index (χ4n) is 3.78. The number of hydrogen-bond donors (Lipinski definition) is 1. The van der Waals surface area contributed by atoms with Gasteiger partial charge < -0.3 is 5.32 Å². The molecule has 1 amide bonds. The molecule has 1 heterocycles. The Morgan fingerprint density at radius 2 is 1.77 bits per heavy atom. The van der Waals surface area contributed by atoms with Gasteiger partial charge in [-0.25, -0.2) is 4.98 Å². The molecular formula is C23H18N4O3. The molecule has 1 aliphatic carbocycles. The van der Waals surface area contributed by atoms with Gasteiger partial charge >= 0.3 is 0 Å². The number of aromatic nitrogens is 1. The minimum Gasteiger partial charge on any atom is -0.305 e. The van der Waals surface area contributed by atoms with Crippen LogP contribution in [0.25, 0.3) is 11.1 Å². The van der Waals surface area contributed by atoms with E-state index in [4.69, 9.17) is 0 Å². The highest BCUT2D eigenvalue weighted by Crippen LogP contribution is 2.36. The summed E-state index contributed by atoms with van der Waals surface area (Å²) in [5.41, 5.74) is 4.20. The molecule has 0 spiro atoms. The minimum atomic E-state index is -0.521. The Morgan fingerprint density at radius 3 is 2.43 bits per heavy atom. The molecule has 4 rings (SSSR count). The van der Waals surface area contributed by atoms with Gasteiger partial charge in [-0.1, -0.05) is 30.3 Å². The Bertz CT molecular complexity index is 1170. The number of nitro benzene ring substituents is 1. The van der Waals surface area contributed by atoms with Crippen LogP contribution >= 0.6 is 0 Å². The lowest BCUT2D eigenvalue weighted by Gasteiger charge is -2.22. The number of nitrogens with one attached hydrogen (secondary N) is 1. The first-order valence-electron chi connectivity index (χ1n) is 9.65. The predicted molar refractivity (Wildman–Crippen MR) is 112 cm³/mol. The number of nitro groups is 1. The highest BCUT2D eigenvalue weighted by molar-refractivity contribution is 6.05. The van der Waals surface area contributed by atoms with Crippen molar-refractivity contribution in [2.75, 3.05) is 5.32 Å². The first-order valence-corrected chi connectivity index (χ1v) is 9.65. The lowest BCUT2D eigenvalue weighted by molar-refractivity contribution is -0.384. The number of aryl methyl sites for hydroxylation is 1. The van der Waals surface area contributed by atoms with Crippen LogP contribution in [0.1, 0.15) is 40.0 Å². The van der Waals surface area contributed by atoms with Crippen molar-refractivity contribution in [3.8, 4) is 17.2 Å². The minimum absolute atomic E-state index is 0.0949. The third-order valence-corrected chi connectivity index (χ3v) is 5.22. The van der Waals surface area contributed by atoms with Crippen molar-refractivity contribution in [1.82, 2.24) is 4.98 Å². The average Bonchev–Trinajstić information content (AvgIpc) is 2.78. The van der Waals surface area contributed by atoms with Crippen molar-refractivity contribution < 1.29 is 9.72 Å². The molecule has 0 saturated heterocycles. The van der Waals surface area contributed by atoms with Crippen molar-refractivity contribution in [3.63, 3.8) is 0 Å². The van der Waals surface area contributed by atoms with Crippen molar-refractivity contribution in [1.29, 1.82) is 5.26 Å². The van der Waals surface area contributed by atoms with Crippen LogP contribution in [0, 0.1) is 21.4 Å². The van der Waals surface area contributed by atoms with Crippen LogP contribution in [-0.2, 0) is 12.8 Å². The summed E-state index contributed by atoms with van der Waals surface area (Å²) in [5, 5.41) is 23.5. The topological polar surface area (TPSA) is 109 Å². The number of nitriles is 1. The third kappa shape index (κ3) is 3.63. The van der Waals surface area contributed by atoms with Gasteiger partial charge in [0.05, 0.1) is 4.92 Å². The predicted octanol–water partition coefficient (Wildman–Crippen LogP) is 4.66. The Hall–Kier alpha value is -4.05. The molecule has 1 aromatic heterocycles. The Kier molecular flexibility index (Phi) is 5.22. The summed E-state index contributed by atoms with van der Waals surface area (Å²) < 4.78 is 0. The largest absolute Gasteiger partial charge is 0.305 e. The molecule has 3 aromatic rings. The molecule has 2 aromatic carbocycles. The lowest BCUT2D eigenvalue weighted by Crippen LogP contribution is -2.18. The molecule has 30 heavy (non-hydrogen) atoms. The van der Waals surface area contributed by atoms with E-state index in [1.165, 1.54) is 24.3 Å². The number of benzene rings is 2. The molecule has 7 nitrogen and oxygen atoms in total. The SMILES string of the molecule is N#Cc1c(NC(=O)c2ccc([N+](=O)[O-])cc2)nc2c(c1-c1ccccc1)CCCC2. The molecule has 1 N–H and O–H groups in total. The summed E-state index contributed by atoms with van der Waals surface area (Å²) >= 11 is 0. The van der Waals surface area contributed by atoms with Crippen LogP contribution in [0.2, 0.25) is 0 Å². The molecule has 148 valence electrons. The number of amides is 1. The average molecular weight is 398 g/mol. The first kappa shape index (κ1) is 19.3. The van der Waals surface area contributed by atoms with E-state index in [1.54, 1.807) is 0 Å². The number of pyridine rings is 1. The quantitative estimate of drug-likeness (QED) is 0.508. The van der Waals surface area contributed by atoms with Crippen LogP contribution in [0.3, 0.4) is 0 Å². The second-order valence-corrected chi connectivity index (χ2v) is 7.08. The monoisotopic (exact) mass is 398 g/mol. The number of rotatable bonds is 4. The van der Waals surface area contributed by atoms with E-state index in [2.05, 4.69) is 16.4 Å². The molecular weight excluding hydrogens is 380 g/mol. The van der Waals surface area contributed by atoms with Crippen LogP contribution in [0.4, 0.5) is 11.5 Å². The molecule has 0 saturated carbocycles. The van der Waals surface area contributed by atoms with Gasteiger partial charge in [-0.15, -0.1) is 0 Å². The molecule has 0 aliphatic heterocycles. The summed E-state index contributed by atoms with van der Waals surface area (Å²) in [6.07, 6.45) is 3.68. The zero-order valence-electron chi connectivity index (χ0n) is 16.1. The van der Waals surface area contributed by atoms with Gasteiger partial charge in [0, 0.05) is 29.0 Å². The smallest absolute Gasteiger partial charge is 0.269 e. The Morgan fingerprint density at radius 1 is 1.07 bits per heavy atom. The maximum absolute atomic E-state index is 12.7. The molecule has 0 fully saturated rings. The highest BCUT2D eigenvalue weighted by atomic mass is 16.6. The molecule has 0 atom stereocenters. The van der Waals surface area contributed by atoms with Crippen LogP contribution < -0.4 is 5.32 Å². The summed E-state index contributed by atoms with van der Waals surface area (Å²) in [5.74, 6) is -0.246. The van der Waals surface area contributed by atoms with Crippen molar-refractivity contribution in [2.45, 2.75) is 25.7 Å². The summed E-state index contributed by atoms with van der Waals surface area (Å²) in [6, 6.07) is 17.2. The number of fused-ring (bicyclic) bond motifs is 1. The molecule has 0 bridgehead atoms. The summed E-state index contributed by atoms with van der Waals surface area (Å²) in [6.45, 7) is 0. The maximum Gasteiger partial charge on any atom is 0.269 e. The van der Waals surface area contributed by atoms with Crippen LogP contribution in [0.5, 0.6) is 0 Å². The number of carbonyl (C=O) groups excluding carboxylic acids is 1. The highest BCUT2D eigenvalue weighted by Gasteiger charge is 2.24.